The predicted molar refractivity (Wildman–Crippen MR) is 204 cm³/mol. The molecule has 0 spiro atoms. The molecular formula is C42H56N4O4. The van der Waals surface area contributed by atoms with Crippen LogP contribution in [0.1, 0.15) is 97.6 Å². The van der Waals surface area contributed by atoms with Gasteiger partial charge in [-0.25, -0.2) is 4.79 Å². The van der Waals surface area contributed by atoms with Crippen LogP contribution in [-0.2, 0) is 41.8 Å². The fourth-order valence-corrected chi connectivity index (χ4v) is 7.03. The van der Waals surface area contributed by atoms with E-state index < -0.39 is 5.97 Å². The van der Waals surface area contributed by atoms with Crippen molar-refractivity contribution in [1.82, 2.24) is 14.1 Å². The number of carboxylic acids is 1. The first-order chi connectivity index (χ1) is 24.1. The van der Waals surface area contributed by atoms with Crippen molar-refractivity contribution < 1.29 is 19.4 Å². The van der Waals surface area contributed by atoms with Crippen LogP contribution in [0.15, 0.2) is 61.1 Å². The van der Waals surface area contributed by atoms with Crippen LogP contribution in [0.3, 0.4) is 0 Å². The third-order valence-corrected chi connectivity index (χ3v) is 9.32. The summed E-state index contributed by atoms with van der Waals surface area (Å²) in [7, 11) is 3.48. The average Bonchev–Trinajstić information content (AvgIpc) is 3.73. The minimum atomic E-state index is -0.894. The van der Waals surface area contributed by atoms with Gasteiger partial charge in [-0.15, -0.1) is 0 Å². The Morgan fingerprint density at radius 1 is 0.860 bits per heavy atom. The van der Waals surface area contributed by atoms with Crippen molar-refractivity contribution in [3.63, 3.8) is 0 Å². The molecule has 0 saturated heterocycles. The molecule has 1 saturated carbocycles. The quantitative estimate of drug-likeness (QED) is 0.0797. The number of fused-ring (bicyclic) bond motifs is 2. The number of carboxylic acid groups (broad SMARTS) is 1. The summed E-state index contributed by atoms with van der Waals surface area (Å²) in [4.78, 5) is 16.5. The van der Waals surface area contributed by atoms with E-state index in [0.717, 1.165) is 81.6 Å². The van der Waals surface area contributed by atoms with Gasteiger partial charge in [0.15, 0.2) is 0 Å². The van der Waals surface area contributed by atoms with Crippen molar-refractivity contribution in [1.29, 1.82) is 0 Å². The maximum absolute atomic E-state index is 11.9. The first-order valence-electron chi connectivity index (χ1n) is 18.3. The number of aryl methyl sites for hydroxylation is 2. The highest BCUT2D eigenvalue weighted by molar-refractivity contribution is 5.90. The van der Waals surface area contributed by atoms with Crippen LogP contribution in [0.2, 0.25) is 0 Å². The lowest BCUT2D eigenvalue weighted by Gasteiger charge is -2.14. The molecule has 0 atom stereocenters. The summed E-state index contributed by atoms with van der Waals surface area (Å²) >= 11 is 0. The number of aromatic carboxylic acids is 1. The molecular weight excluding hydrogens is 624 g/mol. The third-order valence-electron chi connectivity index (χ3n) is 9.32. The van der Waals surface area contributed by atoms with Crippen molar-refractivity contribution in [3.05, 3.63) is 94.6 Å². The smallest absolute Gasteiger partial charge is 0.337 e. The molecule has 3 N–H and O–H groups in total. The Labute approximate surface area is 297 Å². The zero-order chi connectivity index (χ0) is 35.8. The van der Waals surface area contributed by atoms with Crippen LogP contribution in [0.25, 0.3) is 21.8 Å². The fourth-order valence-electron chi connectivity index (χ4n) is 7.03. The highest BCUT2D eigenvalue weighted by atomic mass is 16.5. The van der Waals surface area contributed by atoms with E-state index in [4.69, 9.17) is 15.2 Å². The number of nitrogens with zero attached hydrogens (tertiary/aromatic N) is 3. The van der Waals surface area contributed by atoms with Gasteiger partial charge in [-0.2, -0.15) is 0 Å². The Morgan fingerprint density at radius 2 is 1.42 bits per heavy atom. The number of nitrogens with two attached hydrogens (primary N) is 1. The number of pyridine rings is 1. The summed E-state index contributed by atoms with van der Waals surface area (Å²) in [5.74, 6) is 0.799. The summed E-state index contributed by atoms with van der Waals surface area (Å²) in [6.45, 7) is 12.5. The molecule has 1 aliphatic rings. The standard InChI is InChI=1S/C26H32N2O3.C16H24N2O/c1-17(2)16-28-9-8-21-12-18(11-20(25(21)28)5-4-10-31-3)13-24-23(26(29)30)14-22(15-27-24)19-6-7-19;1-12(2)11-18-7-6-14-10-15(17)9-13(16(14)18)5-4-8-19-3/h8-9,11-12,14-15,17,19H,4-7,10,13,16H2,1-3H3,(H,29,30);6-7,9-10,12H,4-5,8,11,17H2,1-3H3. The summed E-state index contributed by atoms with van der Waals surface area (Å²) in [6, 6.07) is 14.8. The largest absolute Gasteiger partial charge is 0.478 e. The number of benzene rings is 2. The molecule has 0 aliphatic heterocycles. The number of anilines is 1. The molecule has 8 nitrogen and oxygen atoms in total. The lowest BCUT2D eigenvalue weighted by molar-refractivity contribution is 0.0695. The first kappa shape index (κ1) is 37.1. The van der Waals surface area contributed by atoms with Crippen molar-refractivity contribution >= 4 is 33.5 Å². The van der Waals surface area contributed by atoms with Gasteiger partial charge in [0.2, 0.25) is 0 Å². The van der Waals surface area contributed by atoms with Crippen molar-refractivity contribution in [2.45, 2.75) is 91.6 Å². The van der Waals surface area contributed by atoms with Crippen molar-refractivity contribution in [3.8, 4) is 0 Å². The van der Waals surface area contributed by atoms with Crippen LogP contribution in [0.4, 0.5) is 5.69 Å². The van der Waals surface area contributed by atoms with E-state index in [2.05, 4.69) is 90.6 Å². The molecule has 2 aromatic carbocycles. The molecule has 0 amide bonds. The van der Waals surface area contributed by atoms with Gasteiger partial charge in [0.25, 0.3) is 0 Å². The predicted octanol–water partition coefficient (Wildman–Crippen LogP) is 8.90. The number of aromatic nitrogens is 3. The second-order valence-electron chi connectivity index (χ2n) is 14.7. The van der Waals surface area contributed by atoms with Crippen LogP contribution < -0.4 is 5.73 Å². The lowest BCUT2D eigenvalue weighted by Crippen LogP contribution is -2.08. The SMILES string of the molecule is COCCCc1cc(Cc2ncc(C3CC3)cc2C(=O)O)cc2ccn(CC(C)C)c12.COCCCc1cc(N)cc2ccn(CC(C)C)c12. The number of ether oxygens (including phenoxy) is 2. The third kappa shape index (κ3) is 9.55. The molecule has 1 fully saturated rings. The highest BCUT2D eigenvalue weighted by Crippen LogP contribution is 2.40. The minimum Gasteiger partial charge on any atom is -0.478 e. The molecule has 0 unspecified atom stereocenters. The van der Waals surface area contributed by atoms with Gasteiger partial charge in [0.05, 0.1) is 22.3 Å². The van der Waals surface area contributed by atoms with Crippen molar-refractivity contribution in [2.24, 2.45) is 11.8 Å². The maximum atomic E-state index is 11.9. The monoisotopic (exact) mass is 680 g/mol. The Bertz CT molecular complexity index is 1880. The van der Waals surface area contributed by atoms with E-state index in [1.165, 1.54) is 32.9 Å². The fraction of sp³-hybridized carbons (Fsp3) is 0.476. The zero-order valence-electron chi connectivity index (χ0n) is 30.9. The van der Waals surface area contributed by atoms with Gasteiger partial charge in [-0.05, 0) is 115 Å². The maximum Gasteiger partial charge on any atom is 0.337 e. The van der Waals surface area contributed by atoms with E-state index in [-0.39, 0.29) is 0 Å². The molecule has 268 valence electrons. The molecule has 3 heterocycles. The molecule has 8 heteroatoms. The van der Waals surface area contributed by atoms with Gasteiger partial charge >= 0.3 is 5.97 Å². The van der Waals surface area contributed by atoms with Gasteiger partial charge in [-0.1, -0.05) is 33.8 Å². The molecule has 5 aromatic rings. The van der Waals surface area contributed by atoms with Crippen molar-refractivity contribution in [2.75, 3.05) is 33.2 Å². The normalized spacial score (nSPS) is 13.0. The van der Waals surface area contributed by atoms with E-state index >= 15 is 0 Å². The van der Waals surface area contributed by atoms with E-state index in [1.807, 2.05) is 12.3 Å². The molecule has 50 heavy (non-hydrogen) atoms. The van der Waals surface area contributed by atoms with Gasteiger partial charge in [0.1, 0.15) is 0 Å². The summed E-state index contributed by atoms with van der Waals surface area (Å²) in [5.41, 5.74) is 15.2. The van der Waals surface area contributed by atoms with Crippen LogP contribution >= 0.6 is 0 Å². The molecule has 0 radical (unpaired) electrons. The van der Waals surface area contributed by atoms with Gasteiger partial charge in [-0.3, -0.25) is 4.98 Å². The number of rotatable bonds is 16. The Morgan fingerprint density at radius 3 is 1.94 bits per heavy atom. The number of nitrogen functional groups attached to an aromatic ring is 1. The number of carbonyl (C=O) groups is 1. The number of methoxy groups -OCH3 is 2. The first-order valence-corrected chi connectivity index (χ1v) is 18.3. The topological polar surface area (TPSA) is 105 Å². The van der Waals surface area contributed by atoms with Crippen LogP contribution in [0.5, 0.6) is 0 Å². The second-order valence-corrected chi connectivity index (χ2v) is 14.7. The summed E-state index contributed by atoms with van der Waals surface area (Å²) in [6.07, 6.45) is 12.9. The Hall–Kier alpha value is -4.14. The Kier molecular flexibility index (Phi) is 12.8. The second kappa shape index (κ2) is 17.2. The number of hydrogen-bond acceptors (Lipinski definition) is 5. The zero-order valence-corrected chi connectivity index (χ0v) is 30.9. The minimum absolute atomic E-state index is 0.336. The van der Waals surface area contributed by atoms with Gasteiger partial charge in [0, 0.05) is 82.0 Å². The highest BCUT2D eigenvalue weighted by Gasteiger charge is 2.26. The average molecular weight is 681 g/mol. The summed E-state index contributed by atoms with van der Waals surface area (Å²) < 4.78 is 15.1. The molecule has 3 aromatic heterocycles. The van der Waals surface area contributed by atoms with Gasteiger partial charge < -0.3 is 29.4 Å². The summed E-state index contributed by atoms with van der Waals surface area (Å²) in [5, 5.41) is 12.2. The van der Waals surface area contributed by atoms with E-state index in [9.17, 15) is 9.90 Å². The molecule has 0 bridgehead atoms. The molecule has 1 aliphatic carbocycles. The van der Waals surface area contributed by atoms with E-state index in [1.54, 1.807) is 14.2 Å². The van der Waals surface area contributed by atoms with Crippen LogP contribution in [-0.4, -0.2) is 52.6 Å². The lowest BCUT2D eigenvalue weighted by atomic mass is 9.97. The van der Waals surface area contributed by atoms with E-state index in [0.29, 0.717) is 35.4 Å². The van der Waals surface area contributed by atoms with Crippen LogP contribution in [0, 0.1) is 11.8 Å². The number of hydrogen-bond donors (Lipinski definition) is 2. The Balaban J connectivity index is 0.000000219. The molecule has 6 rings (SSSR count).